The van der Waals surface area contributed by atoms with Gasteiger partial charge in [0.25, 0.3) is 5.56 Å². The summed E-state index contributed by atoms with van der Waals surface area (Å²) < 4.78 is 18.7. The van der Waals surface area contributed by atoms with Crippen molar-refractivity contribution in [1.82, 2.24) is 30.1 Å². The highest BCUT2D eigenvalue weighted by atomic mass is 16.7. The molecule has 0 saturated carbocycles. The van der Waals surface area contributed by atoms with Gasteiger partial charge < -0.3 is 19.2 Å². The number of hydrogen-bond donors (Lipinski definition) is 1. The highest BCUT2D eigenvalue weighted by molar-refractivity contribution is 5.83. The van der Waals surface area contributed by atoms with E-state index in [1.54, 1.807) is 0 Å². The fourth-order valence-corrected chi connectivity index (χ4v) is 5.19. The van der Waals surface area contributed by atoms with Crippen molar-refractivity contribution in [3.8, 4) is 11.5 Å². The minimum Gasteiger partial charge on any atom is -0.454 e. The summed E-state index contributed by atoms with van der Waals surface area (Å²) in [7, 11) is 0. The molecule has 3 aliphatic rings. The minimum atomic E-state index is -0.335. The average molecular weight is 453 g/mol. The molecule has 33 heavy (non-hydrogen) atoms. The van der Waals surface area contributed by atoms with Gasteiger partial charge in [0, 0.05) is 23.6 Å². The second kappa shape index (κ2) is 8.75. The van der Waals surface area contributed by atoms with Crippen LogP contribution in [-0.4, -0.2) is 62.7 Å². The predicted molar refractivity (Wildman–Crippen MR) is 119 cm³/mol. The van der Waals surface area contributed by atoms with E-state index in [9.17, 15) is 4.79 Å². The van der Waals surface area contributed by atoms with Gasteiger partial charge in [-0.3, -0.25) is 9.69 Å². The summed E-state index contributed by atoms with van der Waals surface area (Å²) >= 11 is 0. The molecule has 10 nitrogen and oxygen atoms in total. The molecule has 0 amide bonds. The Hall–Kier alpha value is -2.98. The van der Waals surface area contributed by atoms with Gasteiger partial charge in [0.2, 0.25) is 6.79 Å². The molecule has 2 unspecified atom stereocenters. The predicted octanol–water partition coefficient (Wildman–Crippen LogP) is 2.39. The Bertz CT molecular complexity index is 1190. The molecule has 0 radical (unpaired) electrons. The normalized spacial score (nSPS) is 22.0. The van der Waals surface area contributed by atoms with Gasteiger partial charge in [0.05, 0.1) is 18.2 Å². The van der Waals surface area contributed by atoms with Crippen molar-refractivity contribution in [3.05, 3.63) is 39.9 Å². The van der Waals surface area contributed by atoms with Gasteiger partial charge in [-0.1, -0.05) is 12.8 Å². The molecule has 3 aromatic rings. The van der Waals surface area contributed by atoms with Crippen LogP contribution in [-0.2, 0) is 11.3 Å². The molecule has 3 aliphatic heterocycles. The van der Waals surface area contributed by atoms with E-state index in [0.29, 0.717) is 29.4 Å². The molecule has 2 atom stereocenters. The second-order valence-electron chi connectivity index (χ2n) is 9.05. The smallest absolute Gasteiger partial charge is 0.253 e. The van der Waals surface area contributed by atoms with Crippen LogP contribution in [0.15, 0.2) is 23.0 Å². The number of H-pyrrole nitrogens is 1. The first kappa shape index (κ1) is 20.6. The van der Waals surface area contributed by atoms with Crippen molar-refractivity contribution in [3.63, 3.8) is 0 Å². The zero-order valence-corrected chi connectivity index (χ0v) is 18.5. The second-order valence-corrected chi connectivity index (χ2v) is 9.05. The van der Waals surface area contributed by atoms with Gasteiger partial charge in [-0.25, -0.2) is 4.68 Å². The van der Waals surface area contributed by atoms with Crippen LogP contribution in [0.25, 0.3) is 10.9 Å². The van der Waals surface area contributed by atoms with Gasteiger partial charge in [0.15, 0.2) is 17.3 Å². The van der Waals surface area contributed by atoms with Crippen LogP contribution in [0.5, 0.6) is 11.5 Å². The molecule has 174 valence electrons. The van der Waals surface area contributed by atoms with Crippen LogP contribution in [0.1, 0.15) is 56.0 Å². The quantitative estimate of drug-likeness (QED) is 0.629. The summed E-state index contributed by atoms with van der Waals surface area (Å²) in [4.78, 5) is 18.8. The van der Waals surface area contributed by atoms with Crippen LogP contribution >= 0.6 is 0 Å². The number of nitrogens with zero attached hydrogens (tertiary/aromatic N) is 5. The highest BCUT2D eigenvalue weighted by Gasteiger charge is 2.32. The van der Waals surface area contributed by atoms with E-state index in [1.165, 1.54) is 12.8 Å². The number of aromatic amines is 1. The summed E-state index contributed by atoms with van der Waals surface area (Å²) in [5.41, 5.74) is 1.23. The molecule has 0 bridgehead atoms. The van der Waals surface area contributed by atoms with Crippen molar-refractivity contribution in [1.29, 1.82) is 0 Å². The van der Waals surface area contributed by atoms with Crippen LogP contribution in [0.4, 0.5) is 0 Å². The van der Waals surface area contributed by atoms with E-state index in [-0.39, 0.29) is 24.5 Å². The SMILES string of the molecule is O=c1[nH]c2cc3c(cc2cc1C(c1nnnn1CC1CCCO1)N1CCCCCC1)OCO3. The summed E-state index contributed by atoms with van der Waals surface area (Å²) in [6.45, 7) is 3.36. The summed E-state index contributed by atoms with van der Waals surface area (Å²) in [5, 5.41) is 13.6. The van der Waals surface area contributed by atoms with E-state index < -0.39 is 0 Å². The molecular formula is C23H28N6O4. The molecule has 0 spiro atoms. The Morgan fingerprint density at radius 2 is 1.88 bits per heavy atom. The molecule has 2 saturated heterocycles. The number of fused-ring (bicyclic) bond motifs is 2. The third kappa shape index (κ3) is 3.97. The summed E-state index contributed by atoms with van der Waals surface area (Å²) in [6, 6.07) is 5.37. The molecule has 1 aromatic carbocycles. The maximum atomic E-state index is 13.4. The first-order chi connectivity index (χ1) is 16.3. The first-order valence-electron chi connectivity index (χ1n) is 11.8. The van der Waals surface area contributed by atoms with E-state index in [1.807, 2.05) is 22.9 Å². The van der Waals surface area contributed by atoms with E-state index in [2.05, 4.69) is 25.4 Å². The lowest BCUT2D eigenvalue weighted by Crippen LogP contribution is -2.36. The van der Waals surface area contributed by atoms with Crippen molar-refractivity contribution in [2.45, 2.75) is 57.2 Å². The zero-order valence-electron chi connectivity index (χ0n) is 18.5. The number of ether oxygens (including phenoxy) is 3. The summed E-state index contributed by atoms with van der Waals surface area (Å²) in [6.07, 6.45) is 6.73. The Balaban J connectivity index is 1.45. The Morgan fingerprint density at radius 1 is 1.06 bits per heavy atom. The van der Waals surface area contributed by atoms with Crippen LogP contribution in [0.2, 0.25) is 0 Å². The standard InChI is InChI=1S/C23H28N6O4/c30-23-17(10-15-11-19-20(33-14-32-19)12-18(15)24-23)21(28-7-3-1-2-4-8-28)22-25-26-27-29(22)13-16-6-5-9-31-16/h10-12,16,21H,1-9,13-14H2,(H,24,30). The number of pyridine rings is 1. The third-order valence-electron chi connectivity index (χ3n) is 6.87. The monoisotopic (exact) mass is 452 g/mol. The number of benzene rings is 1. The topological polar surface area (TPSA) is 107 Å². The lowest BCUT2D eigenvalue weighted by Gasteiger charge is -2.30. The summed E-state index contributed by atoms with van der Waals surface area (Å²) in [5.74, 6) is 2.03. The third-order valence-corrected chi connectivity index (χ3v) is 6.87. The van der Waals surface area contributed by atoms with Gasteiger partial charge >= 0.3 is 0 Å². The number of hydrogen-bond acceptors (Lipinski definition) is 8. The van der Waals surface area contributed by atoms with Crippen molar-refractivity contribution in [2.75, 3.05) is 26.5 Å². The van der Waals surface area contributed by atoms with Gasteiger partial charge in [0.1, 0.15) is 6.04 Å². The fourth-order valence-electron chi connectivity index (χ4n) is 5.19. The maximum absolute atomic E-state index is 13.4. The van der Waals surface area contributed by atoms with E-state index in [4.69, 9.17) is 14.2 Å². The molecule has 2 fully saturated rings. The molecule has 10 heteroatoms. The Labute approximate surface area is 190 Å². The van der Waals surface area contributed by atoms with Gasteiger partial charge in [-0.15, -0.1) is 5.10 Å². The molecular weight excluding hydrogens is 424 g/mol. The number of nitrogens with one attached hydrogen (secondary N) is 1. The van der Waals surface area contributed by atoms with Crippen molar-refractivity contribution >= 4 is 10.9 Å². The van der Waals surface area contributed by atoms with Crippen LogP contribution in [0, 0.1) is 0 Å². The van der Waals surface area contributed by atoms with Crippen molar-refractivity contribution in [2.24, 2.45) is 0 Å². The van der Waals surface area contributed by atoms with E-state index in [0.717, 1.165) is 56.3 Å². The van der Waals surface area contributed by atoms with Crippen LogP contribution in [0.3, 0.4) is 0 Å². The molecule has 6 rings (SSSR count). The highest BCUT2D eigenvalue weighted by Crippen LogP contribution is 2.36. The average Bonchev–Trinajstić information content (AvgIpc) is 3.54. The molecule has 5 heterocycles. The lowest BCUT2D eigenvalue weighted by molar-refractivity contribution is 0.0909. The van der Waals surface area contributed by atoms with Crippen molar-refractivity contribution < 1.29 is 14.2 Å². The van der Waals surface area contributed by atoms with Crippen LogP contribution < -0.4 is 15.0 Å². The number of tetrazole rings is 1. The number of likely N-dealkylation sites (tertiary alicyclic amines) is 1. The minimum absolute atomic E-state index is 0.103. The fraction of sp³-hybridized carbons (Fsp3) is 0.565. The number of rotatable bonds is 5. The Morgan fingerprint density at radius 3 is 2.67 bits per heavy atom. The molecule has 1 N–H and O–H groups in total. The lowest BCUT2D eigenvalue weighted by atomic mass is 10.0. The largest absolute Gasteiger partial charge is 0.454 e. The van der Waals surface area contributed by atoms with E-state index >= 15 is 0 Å². The first-order valence-corrected chi connectivity index (χ1v) is 11.8. The molecule has 2 aromatic heterocycles. The molecule has 0 aliphatic carbocycles. The Kier molecular flexibility index (Phi) is 5.47. The maximum Gasteiger partial charge on any atom is 0.253 e. The number of aromatic nitrogens is 5. The zero-order chi connectivity index (χ0) is 22.2. The van der Waals surface area contributed by atoms with Gasteiger partial charge in [-0.05, 0) is 61.3 Å². The van der Waals surface area contributed by atoms with Gasteiger partial charge in [-0.2, -0.15) is 0 Å².